The zero-order valence-corrected chi connectivity index (χ0v) is 36.2. The normalized spacial score (nSPS) is 16.5. The molecule has 3 aromatic rings. The summed E-state index contributed by atoms with van der Waals surface area (Å²) >= 11 is 1.54. The molecule has 1 aromatic carbocycles. The van der Waals surface area contributed by atoms with Gasteiger partial charge in [0.2, 0.25) is 17.7 Å². The summed E-state index contributed by atoms with van der Waals surface area (Å²) in [7, 11) is 0. The average molecular weight is 865 g/mol. The predicted molar refractivity (Wildman–Crippen MR) is 229 cm³/mol. The van der Waals surface area contributed by atoms with Crippen molar-refractivity contribution in [2.45, 2.75) is 110 Å². The number of rotatable bonds is 25. The molecule has 17 heteroatoms. The van der Waals surface area contributed by atoms with Crippen LogP contribution in [0.5, 0.6) is 0 Å². The fourth-order valence-electron chi connectivity index (χ4n) is 7.54. The zero-order chi connectivity index (χ0) is 43.6. The number of amides is 6. The number of nitrogens with zero attached hydrogens (tertiary/aromatic N) is 3. The van der Waals surface area contributed by atoms with Crippen LogP contribution in [0.15, 0.2) is 41.8 Å². The van der Waals surface area contributed by atoms with E-state index in [0.717, 1.165) is 53.6 Å². The van der Waals surface area contributed by atoms with E-state index in [0.29, 0.717) is 69.1 Å². The number of hydrogen-bond donors (Lipinski definition) is 3. The Labute approximate surface area is 360 Å². The lowest BCUT2D eigenvalue weighted by atomic mass is 9.85. The van der Waals surface area contributed by atoms with E-state index in [1.165, 1.54) is 0 Å². The molecule has 1 aliphatic heterocycles. The highest BCUT2D eigenvalue weighted by atomic mass is 32.1. The largest absolute Gasteiger partial charge is 0.378 e. The number of aryl methyl sites for hydroxylation is 1. The third-order valence-corrected chi connectivity index (χ3v) is 11.7. The van der Waals surface area contributed by atoms with Gasteiger partial charge in [0.25, 0.3) is 17.7 Å². The molecule has 0 radical (unpaired) electrons. The van der Waals surface area contributed by atoms with Gasteiger partial charge >= 0.3 is 5.97 Å². The van der Waals surface area contributed by atoms with E-state index < -0.39 is 17.8 Å². The van der Waals surface area contributed by atoms with Crippen molar-refractivity contribution in [1.82, 2.24) is 25.6 Å². The zero-order valence-electron chi connectivity index (χ0n) is 35.4. The van der Waals surface area contributed by atoms with E-state index >= 15 is 0 Å². The second-order valence-corrected chi connectivity index (χ2v) is 16.4. The molecule has 1 saturated heterocycles. The Bertz CT molecular complexity index is 1960. The molecule has 2 aromatic heterocycles. The number of ether oxygens (including phenoxy) is 2. The van der Waals surface area contributed by atoms with Gasteiger partial charge in [-0.3, -0.25) is 28.8 Å². The predicted octanol–water partition coefficient (Wildman–Crippen LogP) is 4.96. The molecule has 332 valence electrons. The first-order chi connectivity index (χ1) is 29.5. The third-order valence-electron chi connectivity index (χ3n) is 10.9. The number of hydroxylamine groups is 2. The Morgan fingerprint density at radius 1 is 0.820 bits per heavy atom. The highest BCUT2D eigenvalue weighted by Gasteiger charge is 2.33. The van der Waals surface area contributed by atoms with E-state index in [1.54, 1.807) is 16.2 Å². The van der Waals surface area contributed by atoms with Crippen LogP contribution in [0.25, 0.3) is 10.2 Å². The molecule has 5 rings (SSSR count). The third kappa shape index (κ3) is 14.5. The Hall–Kier alpha value is -5.13. The fourth-order valence-corrected chi connectivity index (χ4v) is 8.37. The van der Waals surface area contributed by atoms with Crippen LogP contribution < -0.4 is 20.9 Å². The van der Waals surface area contributed by atoms with Gasteiger partial charge < -0.3 is 39.7 Å². The molecule has 2 aliphatic rings. The van der Waals surface area contributed by atoms with Crippen LogP contribution in [-0.2, 0) is 49.6 Å². The van der Waals surface area contributed by atoms with Crippen molar-refractivity contribution >= 4 is 68.7 Å². The van der Waals surface area contributed by atoms with Crippen LogP contribution >= 0.6 is 11.3 Å². The molecule has 2 fully saturated rings. The van der Waals surface area contributed by atoms with E-state index in [4.69, 9.17) is 14.3 Å². The number of nitrogens with one attached hydrogen (secondary N) is 3. The summed E-state index contributed by atoms with van der Waals surface area (Å²) in [6, 6.07) is 11.6. The maximum atomic E-state index is 13.6. The molecular weight excluding hydrogens is 805 g/mol. The summed E-state index contributed by atoms with van der Waals surface area (Å²) in [5.41, 5.74) is 3.24. The Morgan fingerprint density at radius 3 is 2.28 bits per heavy atom. The number of carbonyl (C=O) groups excluding carboxylic acids is 7. The minimum atomic E-state index is -0.721. The van der Waals surface area contributed by atoms with Crippen LogP contribution in [0, 0.1) is 12.8 Å². The first kappa shape index (κ1) is 46.9. The number of likely N-dealkylation sites (N-methyl/N-ethyl adjacent to an activating group) is 1. The number of carbonyl (C=O) groups is 7. The van der Waals surface area contributed by atoms with E-state index in [-0.39, 0.29) is 81.2 Å². The second-order valence-electron chi connectivity index (χ2n) is 15.5. The minimum absolute atomic E-state index is 0.0335. The van der Waals surface area contributed by atoms with Crippen molar-refractivity contribution in [3.8, 4) is 0 Å². The number of unbranched alkanes of at least 4 members (excludes halogenated alkanes) is 4. The smallest absolute Gasteiger partial charge is 0.335 e. The number of anilines is 1. The number of fused-ring (bicyclic) bond motifs is 1. The standard InChI is InChI=1S/C44H60N6O10S/c1-3-48(34-11-9-10-31(2)28-34)41(54)30-49-35-20-27-61-37(35)29-36(49)44(57)47-33-15-13-32(14-16-33)43(56)46-21-8-6-4-5-7-12-38(51)45-22-24-59-26-25-58-23-19-42(55)60-50-39(52)17-18-40(50)53/h9-11,20,27-29,32-33H,3-8,12-19,21-26,30H2,1-2H3,(H,45,51)(H,46,56)(H,47,57). The summed E-state index contributed by atoms with van der Waals surface area (Å²) in [6.07, 6.45) is 7.75. The SMILES string of the molecule is CCN(C(=O)Cn1c(C(=O)NC2CCC(C(=O)NCCCCCCCC(=O)NCCOCCOCCC(=O)ON3C(=O)CCC3=O)CC2)cc2sccc21)c1cccc(C)c1. The summed E-state index contributed by atoms with van der Waals surface area (Å²) in [4.78, 5) is 93.4. The molecule has 1 aliphatic carbocycles. The Balaban J connectivity index is 0.862. The highest BCUT2D eigenvalue weighted by molar-refractivity contribution is 7.17. The molecule has 16 nitrogen and oxygen atoms in total. The number of hydrogen-bond acceptors (Lipinski definition) is 11. The fraction of sp³-hybridized carbons (Fsp3) is 0.568. The molecule has 0 spiro atoms. The summed E-state index contributed by atoms with van der Waals surface area (Å²) in [6.45, 7) is 6.42. The molecule has 3 N–H and O–H groups in total. The molecule has 1 saturated carbocycles. The molecule has 61 heavy (non-hydrogen) atoms. The average Bonchev–Trinajstić information content (AvgIpc) is 3.94. The monoisotopic (exact) mass is 864 g/mol. The summed E-state index contributed by atoms with van der Waals surface area (Å²) in [5, 5.41) is 11.6. The maximum absolute atomic E-state index is 13.6. The van der Waals surface area contributed by atoms with E-state index in [9.17, 15) is 33.6 Å². The number of aromatic nitrogens is 1. The molecule has 0 unspecified atom stereocenters. The number of imide groups is 1. The lowest BCUT2D eigenvalue weighted by Crippen LogP contribution is -2.42. The summed E-state index contributed by atoms with van der Waals surface area (Å²) < 4.78 is 13.5. The van der Waals surface area contributed by atoms with Gasteiger partial charge in [-0.15, -0.1) is 16.4 Å². The van der Waals surface area contributed by atoms with Crippen LogP contribution in [0.1, 0.15) is 106 Å². The topological polar surface area (TPSA) is 195 Å². The van der Waals surface area contributed by atoms with Gasteiger partial charge in [-0.2, -0.15) is 0 Å². The van der Waals surface area contributed by atoms with Gasteiger partial charge in [-0.1, -0.05) is 31.4 Å². The first-order valence-corrected chi connectivity index (χ1v) is 22.4. The number of benzene rings is 1. The van der Waals surface area contributed by atoms with Gasteiger partial charge in [-0.25, -0.2) is 4.79 Å². The van der Waals surface area contributed by atoms with Crippen LogP contribution in [0.4, 0.5) is 5.69 Å². The first-order valence-electron chi connectivity index (χ1n) is 21.5. The van der Waals surface area contributed by atoms with Crippen molar-refractivity contribution in [3.05, 3.63) is 53.0 Å². The van der Waals surface area contributed by atoms with Crippen LogP contribution in [-0.4, -0.2) is 103 Å². The van der Waals surface area contributed by atoms with Crippen molar-refractivity contribution < 1.29 is 47.9 Å². The molecule has 0 bridgehead atoms. The molecular formula is C44H60N6O10S. The molecule has 3 heterocycles. The lowest BCUT2D eigenvalue weighted by molar-refractivity contribution is -0.198. The van der Waals surface area contributed by atoms with Gasteiger partial charge in [0, 0.05) is 56.5 Å². The minimum Gasteiger partial charge on any atom is -0.378 e. The quantitative estimate of drug-likeness (QED) is 0.0775. The van der Waals surface area contributed by atoms with Gasteiger partial charge in [0.1, 0.15) is 12.2 Å². The van der Waals surface area contributed by atoms with Crippen molar-refractivity contribution in [2.75, 3.05) is 51.0 Å². The van der Waals surface area contributed by atoms with Crippen LogP contribution in [0.3, 0.4) is 0 Å². The highest BCUT2D eigenvalue weighted by Crippen LogP contribution is 2.28. The van der Waals surface area contributed by atoms with Gasteiger partial charge in [0.05, 0.1) is 43.1 Å². The van der Waals surface area contributed by atoms with Crippen LogP contribution in [0.2, 0.25) is 0 Å². The molecule has 0 atom stereocenters. The Morgan fingerprint density at radius 2 is 1.54 bits per heavy atom. The lowest BCUT2D eigenvalue weighted by Gasteiger charge is -2.28. The molecule has 6 amide bonds. The number of thiophene rings is 1. The summed E-state index contributed by atoms with van der Waals surface area (Å²) in [5.74, 6) is -2.11. The van der Waals surface area contributed by atoms with E-state index in [2.05, 4.69) is 16.0 Å². The van der Waals surface area contributed by atoms with E-state index in [1.807, 2.05) is 60.2 Å². The van der Waals surface area contributed by atoms with Crippen molar-refractivity contribution in [2.24, 2.45) is 5.92 Å². The van der Waals surface area contributed by atoms with Gasteiger partial charge in [-0.05, 0) is 87.6 Å². The van der Waals surface area contributed by atoms with Gasteiger partial charge in [0.15, 0.2) is 0 Å². The van der Waals surface area contributed by atoms with Crippen molar-refractivity contribution in [3.63, 3.8) is 0 Å². The van der Waals surface area contributed by atoms with Crippen molar-refractivity contribution in [1.29, 1.82) is 0 Å². The maximum Gasteiger partial charge on any atom is 0.335 e. The Kier molecular flexibility index (Phi) is 18.7. The second kappa shape index (κ2) is 24.3.